The molecule has 1 aromatic rings. The highest BCUT2D eigenvalue weighted by Crippen LogP contribution is 2.09. The van der Waals surface area contributed by atoms with Gasteiger partial charge in [-0.1, -0.05) is 18.2 Å². The maximum Gasteiger partial charge on any atom is 0.227 e. The van der Waals surface area contributed by atoms with E-state index in [1.165, 1.54) is 0 Å². The van der Waals surface area contributed by atoms with Crippen LogP contribution >= 0.6 is 12.4 Å². The van der Waals surface area contributed by atoms with Crippen LogP contribution in [0.2, 0.25) is 0 Å². The molecular formula is C14H21ClN2O2. The monoisotopic (exact) mass is 284 g/mol. The fourth-order valence-corrected chi connectivity index (χ4v) is 1.89. The number of hydrogen-bond donors (Lipinski definition) is 1. The Morgan fingerprint density at radius 2 is 2.05 bits per heavy atom. The van der Waals surface area contributed by atoms with Gasteiger partial charge in [0.2, 0.25) is 5.91 Å². The Balaban J connectivity index is 0.00000180. The third-order valence-electron chi connectivity index (χ3n) is 3.16. The fourth-order valence-electron chi connectivity index (χ4n) is 1.89. The second-order valence-corrected chi connectivity index (χ2v) is 4.63. The van der Waals surface area contributed by atoms with E-state index < -0.39 is 0 Å². The van der Waals surface area contributed by atoms with Crippen LogP contribution in [0.5, 0.6) is 5.75 Å². The smallest absolute Gasteiger partial charge is 0.227 e. The highest BCUT2D eigenvalue weighted by molar-refractivity contribution is 5.85. The lowest BCUT2D eigenvalue weighted by molar-refractivity contribution is -0.135. The number of amides is 1. The zero-order valence-corrected chi connectivity index (χ0v) is 12.0. The average Bonchev–Trinajstić information content (AvgIpc) is 2.33. The number of halogens is 1. The van der Waals surface area contributed by atoms with Gasteiger partial charge in [0, 0.05) is 26.7 Å². The van der Waals surface area contributed by atoms with Crippen LogP contribution in [-0.2, 0) is 4.79 Å². The predicted molar refractivity (Wildman–Crippen MR) is 77.8 cm³/mol. The fraction of sp³-hybridized carbons (Fsp3) is 0.500. The van der Waals surface area contributed by atoms with Crippen LogP contribution < -0.4 is 10.1 Å². The summed E-state index contributed by atoms with van der Waals surface area (Å²) in [5.41, 5.74) is 0. The Hall–Kier alpha value is -1.26. The van der Waals surface area contributed by atoms with Crippen LogP contribution in [0.1, 0.15) is 6.42 Å². The summed E-state index contributed by atoms with van der Waals surface area (Å²) in [5, 5.41) is 3.11. The molecule has 1 N–H and O–H groups in total. The average molecular weight is 285 g/mol. The highest BCUT2D eigenvalue weighted by atomic mass is 35.5. The zero-order chi connectivity index (χ0) is 12.8. The molecule has 0 bridgehead atoms. The number of nitrogens with zero attached hydrogens (tertiary/aromatic N) is 1. The van der Waals surface area contributed by atoms with E-state index in [4.69, 9.17) is 4.74 Å². The molecule has 0 aliphatic carbocycles. The quantitative estimate of drug-likeness (QED) is 0.806. The molecule has 1 heterocycles. The Labute approximate surface area is 120 Å². The molecule has 1 aliphatic rings. The molecule has 0 aromatic heterocycles. The first kappa shape index (κ1) is 15.8. The van der Waals surface area contributed by atoms with Crippen molar-refractivity contribution in [1.82, 2.24) is 10.2 Å². The summed E-state index contributed by atoms with van der Waals surface area (Å²) in [4.78, 5) is 13.6. The van der Waals surface area contributed by atoms with Gasteiger partial charge in [-0.05, 0) is 18.6 Å². The Morgan fingerprint density at radius 3 is 2.63 bits per heavy atom. The van der Waals surface area contributed by atoms with E-state index in [1.807, 2.05) is 37.4 Å². The topological polar surface area (TPSA) is 41.6 Å². The van der Waals surface area contributed by atoms with Crippen molar-refractivity contribution >= 4 is 18.3 Å². The van der Waals surface area contributed by atoms with Crippen molar-refractivity contribution in [3.63, 3.8) is 0 Å². The van der Waals surface area contributed by atoms with Gasteiger partial charge in [-0.3, -0.25) is 4.79 Å². The third kappa shape index (κ3) is 4.73. The second kappa shape index (κ2) is 8.02. The van der Waals surface area contributed by atoms with Crippen LogP contribution in [0, 0.1) is 5.92 Å². The van der Waals surface area contributed by atoms with Gasteiger partial charge in [0.1, 0.15) is 5.75 Å². The van der Waals surface area contributed by atoms with E-state index in [9.17, 15) is 4.79 Å². The van der Waals surface area contributed by atoms with Gasteiger partial charge in [0.25, 0.3) is 0 Å². The van der Waals surface area contributed by atoms with Crippen molar-refractivity contribution in [2.75, 3.05) is 33.3 Å². The first-order valence-electron chi connectivity index (χ1n) is 6.41. The SMILES string of the molecule is CN(CCCOc1ccccc1)C(=O)C1CNC1.Cl. The maximum atomic E-state index is 11.8. The number of carbonyl (C=O) groups is 1. The lowest BCUT2D eigenvalue weighted by Gasteiger charge is -2.30. The molecular weight excluding hydrogens is 264 g/mol. The number of para-hydroxylation sites is 1. The second-order valence-electron chi connectivity index (χ2n) is 4.63. The van der Waals surface area contributed by atoms with Gasteiger partial charge in [0.15, 0.2) is 0 Å². The molecule has 0 saturated carbocycles. The van der Waals surface area contributed by atoms with Crippen molar-refractivity contribution < 1.29 is 9.53 Å². The van der Waals surface area contributed by atoms with E-state index in [0.29, 0.717) is 6.61 Å². The van der Waals surface area contributed by atoms with E-state index in [-0.39, 0.29) is 24.2 Å². The number of carbonyl (C=O) groups excluding carboxylic acids is 1. The molecule has 106 valence electrons. The molecule has 1 aromatic carbocycles. The summed E-state index contributed by atoms with van der Waals surface area (Å²) in [6, 6.07) is 9.75. The van der Waals surface area contributed by atoms with Crippen molar-refractivity contribution in [2.45, 2.75) is 6.42 Å². The van der Waals surface area contributed by atoms with Crippen molar-refractivity contribution in [3.8, 4) is 5.75 Å². The molecule has 1 aliphatic heterocycles. The first-order chi connectivity index (χ1) is 8.77. The van der Waals surface area contributed by atoms with E-state index in [0.717, 1.165) is 31.8 Å². The summed E-state index contributed by atoms with van der Waals surface area (Å²) in [5.74, 6) is 1.31. The van der Waals surface area contributed by atoms with Crippen LogP contribution in [0.15, 0.2) is 30.3 Å². The summed E-state index contributed by atoms with van der Waals surface area (Å²) >= 11 is 0. The van der Waals surface area contributed by atoms with Crippen molar-refractivity contribution in [1.29, 1.82) is 0 Å². The third-order valence-corrected chi connectivity index (χ3v) is 3.16. The Morgan fingerprint density at radius 1 is 1.37 bits per heavy atom. The molecule has 0 atom stereocenters. The van der Waals surface area contributed by atoms with Crippen molar-refractivity contribution in [2.24, 2.45) is 5.92 Å². The summed E-state index contributed by atoms with van der Waals surface area (Å²) in [7, 11) is 1.86. The standard InChI is InChI=1S/C14H20N2O2.ClH/c1-16(14(17)12-10-15-11-12)8-5-9-18-13-6-3-2-4-7-13;/h2-4,6-7,12,15H,5,8-11H2,1H3;1H. The molecule has 4 nitrogen and oxygen atoms in total. The normalized spacial score (nSPS) is 14.2. The van der Waals surface area contributed by atoms with Crippen LogP contribution in [0.4, 0.5) is 0 Å². The van der Waals surface area contributed by atoms with Crippen LogP contribution in [-0.4, -0.2) is 44.1 Å². The Kier molecular flexibility index (Phi) is 6.67. The van der Waals surface area contributed by atoms with E-state index >= 15 is 0 Å². The molecule has 1 saturated heterocycles. The number of nitrogens with one attached hydrogen (secondary N) is 1. The molecule has 0 radical (unpaired) electrons. The summed E-state index contributed by atoms with van der Waals surface area (Å²) in [6.45, 7) is 3.04. The van der Waals surface area contributed by atoms with Gasteiger partial charge in [-0.2, -0.15) is 0 Å². The van der Waals surface area contributed by atoms with Gasteiger partial charge in [-0.25, -0.2) is 0 Å². The molecule has 0 unspecified atom stereocenters. The van der Waals surface area contributed by atoms with Gasteiger partial charge in [0.05, 0.1) is 12.5 Å². The number of benzene rings is 1. The largest absolute Gasteiger partial charge is 0.494 e. The molecule has 0 spiro atoms. The zero-order valence-electron chi connectivity index (χ0n) is 11.2. The molecule has 2 rings (SSSR count). The minimum absolute atomic E-state index is 0. The Bertz CT molecular complexity index is 382. The van der Waals surface area contributed by atoms with Crippen LogP contribution in [0.3, 0.4) is 0 Å². The molecule has 19 heavy (non-hydrogen) atoms. The number of rotatable bonds is 6. The van der Waals surface area contributed by atoms with Gasteiger partial charge < -0.3 is 15.0 Å². The number of hydrogen-bond acceptors (Lipinski definition) is 3. The minimum atomic E-state index is 0. The molecule has 1 amide bonds. The van der Waals surface area contributed by atoms with E-state index in [2.05, 4.69) is 5.32 Å². The van der Waals surface area contributed by atoms with Gasteiger partial charge >= 0.3 is 0 Å². The van der Waals surface area contributed by atoms with Crippen LogP contribution in [0.25, 0.3) is 0 Å². The van der Waals surface area contributed by atoms with Crippen molar-refractivity contribution in [3.05, 3.63) is 30.3 Å². The maximum absolute atomic E-state index is 11.8. The summed E-state index contributed by atoms with van der Waals surface area (Å²) < 4.78 is 5.59. The minimum Gasteiger partial charge on any atom is -0.494 e. The van der Waals surface area contributed by atoms with E-state index in [1.54, 1.807) is 4.90 Å². The summed E-state index contributed by atoms with van der Waals surface area (Å²) in [6.07, 6.45) is 0.858. The highest BCUT2D eigenvalue weighted by Gasteiger charge is 2.27. The number of ether oxygens (including phenoxy) is 1. The lowest BCUT2D eigenvalue weighted by atomic mass is 10.0. The van der Waals surface area contributed by atoms with Gasteiger partial charge in [-0.15, -0.1) is 12.4 Å². The first-order valence-corrected chi connectivity index (χ1v) is 6.41. The molecule has 1 fully saturated rings. The molecule has 5 heteroatoms. The lowest BCUT2D eigenvalue weighted by Crippen LogP contribution is -2.51. The predicted octanol–water partition coefficient (Wildman–Crippen LogP) is 1.56.